The molecule has 1 aromatic heterocycles. The fourth-order valence-electron chi connectivity index (χ4n) is 2.78. The van der Waals surface area contributed by atoms with Crippen LogP contribution in [-0.2, 0) is 11.3 Å². The van der Waals surface area contributed by atoms with Crippen LogP contribution in [0.3, 0.4) is 0 Å². The van der Waals surface area contributed by atoms with Gasteiger partial charge in [-0.3, -0.25) is 30.0 Å². The summed E-state index contributed by atoms with van der Waals surface area (Å²) < 4.78 is 1.16. The molecular formula is C20H17Cl2N5O4. The lowest BCUT2D eigenvalue weighted by Crippen LogP contribution is -2.47. The Balaban J connectivity index is 1.64. The second kappa shape index (κ2) is 9.59. The molecule has 3 N–H and O–H groups in total. The number of amides is 3. The van der Waals surface area contributed by atoms with Crippen molar-refractivity contribution in [3.8, 4) is 0 Å². The standard InChI is InChI=1S/C20H17Cl2N5O4/c1-2-27-20(31)13-6-4-3-5-12(13)17(26-27)19(30)25-24-16(28)10-23-18(29)14-8-7-11(21)9-15(14)22/h3-9H,2,10H2,1H3,(H,23,29)(H,24,28)(H,25,30). The Kier molecular flexibility index (Phi) is 6.88. The molecule has 2 aromatic carbocycles. The normalized spacial score (nSPS) is 10.5. The first-order chi connectivity index (χ1) is 14.8. The van der Waals surface area contributed by atoms with E-state index in [-0.39, 0.29) is 28.4 Å². The van der Waals surface area contributed by atoms with Gasteiger partial charge in [0.05, 0.1) is 22.5 Å². The van der Waals surface area contributed by atoms with Crippen LogP contribution in [0, 0.1) is 0 Å². The van der Waals surface area contributed by atoms with Crippen LogP contribution in [0.5, 0.6) is 0 Å². The minimum atomic E-state index is -0.709. The largest absolute Gasteiger partial charge is 0.343 e. The minimum Gasteiger partial charge on any atom is -0.343 e. The summed E-state index contributed by atoms with van der Waals surface area (Å²) >= 11 is 11.7. The van der Waals surface area contributed by atoms with E-state index in [2.05, 4.69) is 21.3 Å². The van der Waals surface area contributed by atoms with E-state index in [0.717, 1.165) is 4.68 Å². The summed E-state index contributed by atoms with van der Waals surface area (Å²) in [7, 11) is 0. The third-order valence-corrected chi connectivity index (χ3v) is 4.83. The maximum absolute atomic E-state index is 12.6. The van der Waals surface area contributed by atoms with Crippen LogP contribution in [0.1, 0.15) is 27.8 Å². The predicted octanol–water partition coefficient (Wildman–Crippen LogP) is 1.91. The summed E-state index contributed by atoms with van der Waals surface area (Å²) in [6.45, 7) is 1.58. The van der Waals surface area contributed by atoms with Crippen molar-refractivity contribution in [2.24, 2.45) is 0 Å². The lowest BCUT2D eigenvalue weighted by atomic mass is 10.1. The van der Waals surface area contributed by atoms with Gasteiger partial charge >= 0.3 is 0 Å². The zero-order valence-corrected chi connectivity index (χ0v) is 17.8. The maximum Gasteiger partial charge on any atom is 0.290 e. The first kappa shape index (κ1) is 22.3. The summed E-state index contributed by atoms with van der Waals surface area (Å²) in [5, 5.41) is 7.67. The smallest absolute Gasteiger partial charge is 0.290 e. The lowest BCUT2D eigenvalue weighted by Gasteiger charge is -2.11. The van der Waals surface area contributed by atoms with Gasteiger partial charge in [-0.25, -0.2) is 4.68 Å². The number of nitrogens with one attached hydrogen (secondary N) is 3. The number of nitrogens with zero attached hydrogens (tertiary/aromatic N) is 2. The molecule has 0 aliphatic carbocycles. The first-order valence-corrected chi connectivity index (χ1v) is 9.89. The molecule has 0 saturated carbocycles. The van der Waals surface area contributed by atoms with Crippen molar-refractivity contribution in [2.45, 2.75) is 13.5 Å². The van der Waals surface area contributed by atoms with Crippen LogP contribution >= 0.6 is 23.2 Å². The van der Waals surface area contributed by atoms with E-state index in [1.54, 1.807) is 31.2 Å². The Labute approximate surface area is 186 Å². The van der Waals surface area contributed by atoms with E-state index in [1.165, 1.54) is 18.2 Å². The highest BCUT2D eigenvalue weighted by Crippen LogP contribution is 2.20. The van der Waals surface area contributed by atoms with Crippen LogP contribution < -0.4 is 21.7 Å². The molecule has 0 bridgehead atoms. The molecule has 1 heterocycles. The third-order valence-electron chi connectivity index (χ3n) is 4.28. The van der Waals surface area contributed by atoms with E-state index in [9.17, 15) is 19.2 Å². The molecule has 3 amide bonds. The van der Waals surface area contributed by atoms with E-state index in [1.807, 2.05) is 0 Å². The summed E-state index contributed by atoms with van der Waals surface area (Å²) in [6.07, 6.45) is 0. The van der Waals surface area contributed by atoms with E-state index >= 15 is 0 Å². The molecule has 0 radical (unpaired) electrons. The zero-order chi connectivity index (χ0) is 22.5. The second-order valence-corrected chi connectivity index (χ2v) is 7.17. The van der Waals surface area contributed by atoms with Crippen molar-refractivity contribution < 1.29 is 14.4 Å². The summed E-state index contributed by atoms with van der Waals surface area (Å²) in [4.78, 5) is 49.1. The summed E-state index contributed by atoms with van der Waals surface area (Å²) in [6, 6.07) is 10.9. The van der Waals surface area contributed by atoms with Crippen LogP contribution in [-0.4, -0.2) is 34.0 Å². The van der Waals surface area contributed by atoms with Crippen molar-refractivity contribution in [3.05, 3.63) is 74.1 Å². The van der Waals surface area contributed by atoms with E-state index in [4.69, 9.17) is 23.2 Å². The number of benzene rings is 2. The molecule has 0 fully saturated rings. The Morgan fingerprint density at radius 1 is 1.00 bits per heavy atom. The number of hydrazine groups is 1. The van der Waals surface area contributed by atoms with Gasteiger partial charge in [0.2, 0.25) is 0 Å². The highest BCUT2D eigenvalue weighted by molar-refractivity contribution is 6.36. The average molecular weight is 462 g/mol. The van der Waals surface area contributed by atoms with Gasteiger partial charge in [0.25, 0.3) is 23.3 Å². The Bertz CT molecular complexity index is 1240. The number of hydrogen-bond donors (Lipinski definition) is 3. The average Bonchev–Trinajstić information content (AvgIpc) is 2.76. The molecule has 11 heteroatoms. The van der Waals surface area contributed by atoms with Gasteiger partial charge in [-0.15, -0.1) is 0 Å². The van der Waals surface area contributed by atoms with Crippen molar-refractivity contribution >= 4 is 51.7 Å². The fourth-order valence-corrected chi connectivity index (χ4v) is 3.27. The monoisotopic (exact) mass is 461 g/mol. The first-order valence-electron chi connectivity index (χ1n) is 9.14. The number of carbonyl (C=O) groups excluding carboxylic acids is 3. The van der Waals surface area contributed by atoms with Gasteiger partial charge in [-0.05, 0) is 31.2 Å². The van der Waals surface area contributed by atoms with Crippen LogP contribution in [0.4, 0.5) is 0 Å². The zero-order valence-electron chi connectivity index (χ0n) is 16.2. The molecule has 9 nitrogen and oxygen atoms in total. The van der Waals surface area contributed by atoms with Crippen molar-refractivity contribution in [1.29, 1.82) is 0 Å². The van der Waals surface area contributed by atoms with Crippen LogP contribution in [0.2, 0.25) is 10.0 Å². The van der Waals surface area contributed by atoms with Crippen LogP contribution in [0.25, 0.3) is 10.8 Å². The molecule has 3 aromatic rings. The van der Waals surface area contributed by atoms with Crippen LogP contribution in [0.15, 0.2) is 47.3 Å². The SMILES string of the molecule is CCn1nc(C(=O)NNC(=O)CNC(=O)c2ccc(Cl)cc2Cl)c2ccccc2c1=O. The topological polar surface area (TPSA) is 122 Å². The fraction of sp³-hybridized carbons (Fsp3) is 0.150. The maximum atomic E-state index is 12.6. The van der Waals surface area contributed by atoms with Gasteiger partial charge in [0.1, 0.15) is 0 Å². The van der Waals surface area contributed by atoms with Gasteiger partial charge in [0, 0.05) is 17.0 Å². The Hall–Kier alpha value is -3.43. The number of halogens is 2. The van der Waals surface area contributed by atoms with Crippen molar-refractivity contribution in [2.75, 3.05) is 6.54 Å². The molecule has 0 atom stereocenters. The van der Waals surface area contributed by atoms with E-state index in [0.29, 0.717) is 15.8 Å². The number of aromatic nitrogens is 2. The number of hydrogen-bond acceptors (Lipinski definition) is 5. The second-order valence-electron chi connectivity index (χ2n) is 6.32. The molecule has 0 unspecified atom stereocenters. The quantitative estimate of drug-likeness (QED) is 0.500. The third kappa shape index (κ3) is 5.01. The minimum absolute atomic E-state index is 0.0191. The highest BCUT2D eigenvalue weighted by atomic mass is 35.5. The molecule has 3 rings (SSSR count). The molecule has 0 spiro atoms. The number of aryl methyl sites for hydroxylation is 1. The lowest BCUT2D eigenvalue weighted by molar-refractivity contribution is -0.120. The molecule has 0 saturated heterocycles. The Morgan fingerprint density at radius 2 is 1.71 bits per heavy atom. The molecule has 0 aliphatic rings. The predicted molar refractivity (Wildman–Crippen MR) is 116 cm³/mol. The Morgan fingerprint density at radius 3 is 2.39 bits per heavy atom. The number of carbonyl (C=O) groups is 3. The molecular weight excluding hydrogens is 445 g/mol. The highest BCUT2D eigenvalue weighted by Gasteiger charge is 2.17. The number of rotatable bonds is 5. The van der Waals surface area contributed by atoms with Gasteiger partial charge in [-0.1, -0.05) is 41.4 Å². The molecule has 0 aliphatic heterocycles. The van der Waals surface area contributed by atoms with Gasteiger partial charge in [0.15, 0.2) is 5.69 Å². The van der Waals surface area contributed by atoms with Crippen molar-refractivity contribution in [1.82, 2.24) is 25.9 Å². The van der Waals surface area contributed by atoms with Crippen molar-refractivity contribution in [3.63, 3.8) is 0 Å². The summed E-state index contributed by atoms with van der Waals surface area (Å²) in [5.74, 6) is -1.97. The molecule has 160 valence electrons. The molecule has 31 heavy (non-hydrogen) atoms. The number of fused-ring (bicyclic) bond motifs is 1. The van der Waals surface area contributed by atoms with Gasteiger partial charge in [-0.2, -0.15) is 5.10 Å². The summed E-state index contributed by atoms with van der Waals surface area (Å²) in [5.41, 5.74) is 4.24. The van der Waals surface area contributed by atoms with E-state index < -0.39 is 24.3 Å². The van der Waals surface area contributed by atoms with Gasteiger partial charge < -0.3 is 5.32 Å².